The largest absolute Gasteiger partial charge is 0.486 e. The van der Waals surface area contributed by atoms with E-state index in [1.165, 1.54) is 0 Å². The summed E-state index contributed by atoms with van der Waals surface area (Å²) in [6, 6.07) is 24.8. The van der Waals surface area contributed by atoms with Gasteiger partial charge in [-0.3, -0.25) is 4.79 Å². The van der Waals surface area contributed by atoms with Gasteiger partial charge in [-0.1, -0.05) is 48.5 Å². The molecule has 0 saturated heterocycles. The van der Waals surface area contributed by atoms with Gasteiger partial charge in [0, 0.05) is 23.5 Å². The van der Waals surface area contributed by atoms with Gasteiger partial charge < -0.3 is 14.8 Å². The summed E-state index contributed by atoms with van der Waals surface area (Å²) in [5.74, 6) is 1.07. The first-order valence-electron chi connectivity index (χ1n) is 9.69. The predicted octanol–water partition coefficient (Wildman–Crippen LogP) is 4.56. The third-order valence-corrected chi connectivity index (χ3v) is 4.83. The van der Waals surface area contributed by atoms with Gasteiger partial charge in [0.25, 0.3) is 5.91 Å². The molecule has 148 valence electrons. The van der Waals surface area contributed by atoms with E-state index in [0.717, 1.165) is 11.3 Å². The van der Waals surface area contributed by atoms with E-state index in [4.69, 9.17) is 14.6 Å². The van der Waals surface area contributed by atoms with Crippen LogP contribution in [0.25, 0.3) is 16.9 Å². The molecule has 0 unspecified atom stereocenters. The number of para-hydroxylation sites is 1. The van der Waals surface area contributed by atoms with Crippen molar-refractivity contribution in [1.82, 2.24) is 9.78 Å². The Balaban J connectivity index is 1.51. The molecule has 1 aliphatic heterocycles. The van der Waals surface area contributed by atoms with E-state index in [-0.39, 0.29) is 5.91 Å². The summed E-state index contributed by atoms with van der Waals surface area (Å²) in [5, 5.41) is 7.65. The zero-order valence-electron chi connectivity index (χ0n) is 16.1. The van der Waals surface area contributed by atoms with Crippen LogP contribution in [-0.4, -0.2) is 28.9 Å². The van der Waals surface area contributed by atoms with Crippen molar-refractivity contribution >= 4 is 11.6 Å². The molecule has 4 aromatic rings. The molecule has 0 spiro atoms. The molecule has 2 heterocycles. The van der Waals surface area contributed by atoms with E-state index in [0.29, 0.717) is 41.7 Å². The molecule has 30 heavy (non-hydrogen) atoms. The highest BCUT2D eigenvalue weighted by Gasteiger charge is 2.20. The first-order valence-corrected chi connectivity index (χ1v) is 9.69. The summed E-state index contributed by atoms with van der Waals surface area (Å²) in [4.78, 5) is 13.2. The molecule has 3 aromatic carbocycles. The molecule has 0 radical (unpaired) electrons. The molecule has 0 atom stereocenters. The summed E-state index contributed by atoms with van der Waals surface area (Å²) in [7, 11) is 0. The van der Waals surface area contributed by atoms with E-state index in [2.05, 4.69) is 5.32 Å². The Morgan fingerprint density at radius 3 is 2.33 bits per heavy atom. The van der Waals surface area contributed by atoms with Crippen molar-refractivity contribution in [3.8, 4) is 28.4 Å². The van der Waals surface area contributed by atoms with E-state index >= 15 is 0 Å². The summed E-state index contributed by atoms with van der Waals surface area (Å²) < 4.78 is 12.9. The van der Waals surface area contributed by atoms with Crippen LogP contribution in [0.3, 0.4) is 0 Å². The fraction of sp³-hybridized carbons (Fsp3) is 0.0833. The second-order valence-corrected chi connectivity index (χ2v) is 6.85. The van der Waals surface area contributed by atoms with Gasteiger partial charge in [-0.2, -0.15) is 5.10 Å². The quantitative estimate of drug-likeness (QED) is 0.548. The van der Waals surface area contributed by atoms with Gasteiger partial charge in [0.1, 0.15) is 18.9 Å². The summed E-state index contributed by atoms with van der Waals surface area (Å²) in [6.45, 7) is 1.02. The Morgan fingerprint density at radius 2 is 1.57 bits per heavy atom. The molecule has 1 amide bonds. The van der Waals surface area contributed by atoms with Crippen molar-refractivity contribution in [3.63, 3.8) is 0 Å². The minimum absolute atomic E-state index is 0.243. The number of hydrogen-bond donors (Lipinski definition) is 1. The molecule has 0 bridgehead atoms. The monoisotopic (exact) mass is 397 g/mol. The average Bonchev–Trinajstić information content (AvgIpc) is 3.26. The number of rotatable bonds is 4. The molecule has 1 aromatic heterocycles. The number of hydrogen-bond acceptors (Lipinski definition) is 4. The van der Waals surface area contributed by atoms with Crippen LogP contribution in [0.1, 0.15) is 10.4 Å². The highest BCUT2D eigenvalue weighted by Crippen LogP contribution is 2.33. The fourth-order valence-electron chi connectivity index (χ4n) is 3.38. The lowest BCUT2D eigenvalue weighted by Gasteiger charge is -2.19. The van der Waals surface area contributed by atoms with E-state index < -0.39 is 0 Å². The van der Waals surface area contributed by atoms with Gasteiger partial charge in [0.05, 0.1) is 11.3 Å². The summed E-state index contributed by atoms with van der Waals surface area (Å²) in [6.07, 6.45) is 1.75. The van der Waals surface area contributed by atoms with Crippen molar-refractivity contribution in [2.24, 2.45) is 0 Å². The van der Waals surface area contributed by atoms with Crippen molar-refractivity contribution in [2.75, 3.05) is 18.5 Å². The van der Waals surface area contributed by atoms with Crippen LogP contribution < -0.4 is 14.8 Å². The number of amides is 1. The normalized spacial score (nSPS) is 12.4. The van der Waals surface area contributed by atoms with E-state index in [1.807, 2.05) is 60.7 Å². The Bertz CT molecular complexity index is 1190. The third-order valence-electron chi connectivity index (χ3n) is 4.83. The van der Waals surface area contributed by atoms with Crippen molar-refractivity contribution < 1.29 is 14.3 Å². The smallest absolute Gasteiger partial charge is 0.259 e. The van der Waals surface area contributed by atoms with Crippen LogP contribution >= 0.6 is 0 Å². The SMILES string of the molecule is O=C(Nc1ccc2c(c1)OCCO2)c1cn(-c2ccccc2)nc1-c1ccccc1. The highest BCUT2D eigenvalue weighted by molar-refractivity contribution is 6.08. The first-order chi connectivity index (χ1) is 14.8. The van der Waals surface area contributed by atoms with Crippen molar-refractivity contribution in [3.05, 3.63) is 90.6 Å². The Kier molecular flexibility index (Phi) is 4.65. The average molecular weight is 397 g/mol. The van der Waals surface area contributed by atoms with Gasteiger partial charge in [0.15, 0.2) is 11.5 Å². The van der Waals surface area contributed by atoms with Crippen LogP contribution in [0.4, 0.5) is 5.69 Å². The number of anilines is 1. The van der Waals surface area contributed by atoms with Crippen LogP contribution in [0, 0.1) is 0 Å². The molecule has 6 heteroatoms. The van der Waals surface area contributed by atoms with Crippen molar-refractivity contribution in [1.29, 1.82) is 0 Å². The third kappa shape index (κ3) is 3.51. The topological polar surface area (TPSA) is 65.4 Å². The molecular weight excluding hydrogens is 378 g/mol. The Hall–Kier alpha value is -4.06. The van der Waals surface area contributed by atoms with Crippen LogP contribution in [0.15, 0.2) is 85.1 Å². The molecule has 6 nitrogen and oxygen atoms in total. The van der Waals surface area contributed by atoms with Crippen LogP contribution in [0.2, 0.25) is 0 Å². The number of carbonyl (C=O) groups excluding carboxylic acids is 1. The van der Waals surface area contributed by atoms with Crippen LogP contribution in [0.5, 0.6) is 11.5 Å². The number of aromatic nitrogens is 2. The van der Waals surface area contributed by atoms with E-state index in [1.54, 1.807) is 29.1 Å². The fourth-order valence-corrected chi connectivity index (χ4v) is 3.38. The molecule has 0 aliphatic carbocycles. The molecular formula is C24H19N3O3. The van der Waals surface area contributed by atoms with E-state index in [9.17, 15) is 4.79 Å². The minimum Gasteiger partial charge on any atom is -0.486 e. The maximum absolute atomic E-state index is 13.2. The zero-order chi connectivity index (χ0) is 20.3. The number of benzene rings is 3. The number of nitrogens with one attached hydrogen (secondary N) is 1. The molecule has 1 aliphatic rings. The lowest BCUT2D eigenvalue weighted by molar-refractivity contribution is 0.102. The lowest BCUT2D eigenvalue weighted by atomic mass is 10.1. The van der Waals surface area contributed by atoms with Gasteiger partial charge >= 0.3 is 0 Å². The maximum atomic E-state index is 13.2. The van der Waals surface area contributed by atoms with Gasteiger partial charge in [-0.15, -0.1) is 0 Å². The Labute approximate surface area is 173 Å². The van der Waals surface area contributed by atoms with Crippen LogP contribution in [-0.2, 0) is 0 Å². The minimum atomic E-state index is -0.243. The predicted molar refractivity (Wildman–Crippen MR) is 114 cm³/mol. The number of fused-ring (bicyclic) bond motifs is 1. The van der Waals surface area contributed by atoms with Gasteiger partial charge in [-0.05, 0) is 24.3 Å². The molecule has 1 N–H and O–H groups in total. The number of carbonyl (C=O) groups is 1. The zero-order valence-corrected chi connectivity index (χ0v) is 16.1. The molecule has 0 fully saturated rings. The maximum Gasteiger partial charge on any atom is 0.259 e. The molecule has 0 saturated carbocycles. The van der Waals surface area contributed by atoms with Gasteiger partial charge in [-0.25, -0.2) is 4.68 Å². The first kappa shape index (κ1) is 18.0. The summed E-state index contributed by atoms with van der Waals surface area (Å²) in [5.41, 5.74) is 3.50. The highest BCUT2D eigenvalue weighted by atomic mass is 16.6. The Morgan fingerprint density at radius 1 is 0.867 bits per heavy atom. The standard InChI is InChI=1S/C24H19N3O3/c28-24(25-18-11-12-21-22(15-18)30-14-13-29-21)20-16-27(19-9-5-2-6-10-19)26-23(20)17-7-3-1-4-8-17/h1-12,15-16H,13-14H2,(H,25,28). The number of nitrogens with zero attached hydrogens (tertiary/aromatic N) is 2. The van der Waals surface area contributed by atoms with Gasteiger partial charge in [0.2, 0.25) is 0 Å². The second kappa shape index (κ2) is 7.75. The number of ether oxygens (including phenoxy) is 2. The summed E-state index contributed by atoms with van der Waals surface area (Å²) >= 11 is 0. The van der Waals surface area contributed by atoms with Crippen molar-refractivity contribution in [2.45, 2.75) is 0 Å². The second-order valence-electron chi connectivity index (χ2n) is 6.85. The lowest BCUT2D eigenvalue weighted by Crippen LogP contribution is -2.16. The molecule has 5 rings (SSSR count).